The molecule has 1 saturated heterocycles. The molecular formula is C19H25N3O3S2. The van der Waals surface area contributed by atoms with Crippen molar-refractivity contribution in [2.75, 3.05) is 11.5 Å². The van der Waals surface area contributed by atoms with Gasteiger partial charge in [0.15, 0.2) is 15.0 Å². The maximum Gasteiger partial charge on any atom is 0.233 e. The van der Waals surface area contributed by atoms with Gasteiger partial charge in [-0.3, -0.25) is 9.36 Å². The Morgan fingerprint density at radius 2 is 2.04 bits per heavy atom. The number of hydrogen-bond donors (Lipinski definition) is 1. The number of nitrogens with one attached hydrogen (secondary N) is 1. The molecule has 0 spiro atoms. The highest BCUT2D eigenvalue weighted by molar-refractivity contribution is 8.00. The minimum Gasteiger partial charge on any atom is -0.351 e. The Hall–Kier alpha value is -1.80. The van der Waals surface area contributed by atoms with Crippen molar-refractivity contribution < 1.29 is 13.2 Å². The second-order valence-corrected chi connectivity index (χ2v) is 10.7. The summed E-state index contributed by atoms with van der Waals surface area (Å²) in [4.78, 5) is 16.9. The minimum absolute atomic E-state index is 0.0342. The van der Waals surface area contributed by atoms with E-state index in [0.29, 0.717) is 12.3 Å². The fourth-order valence-corrected chi connectivity index (χ4v) is 5.75. The summed E-state index contributed by atoms with van der Waals surface area (Å²) in [5.74, 6) is 0.392. The number of benzene rings is 1. The van der Waals surface area contributed by atoms with E-state index in [1.165, 1.54) is 17.3 Å². The molecule has 2 heterocycles. The van der Waals surface area contributed by atoms with Crippen molar-refractivity contribution in [2.45, 2.75) is 49.6 Å². The van der Waals surface area contributed by atoms with Crippen LogP contribution in [-0.4, -0.2) is 46.7 Å². The molecule has 1 aliphatic heterocycles. The lowest BCUT2D eigenvalue weighted by Gasteiger charge is -2.18. The lowest BCUT2D eigenvalue weighted by molar-refractivity contribution is -0.120. The first-order valence-corrected chi connectivity index (χ1v) is 11.8. The van der Waals surface area contributed by atoms with Gasteiger partial charge in [0, 0.05) is 18.4 Å². The maximum absolute atomic E-state index is 12.5. The van der Waals surface area contributed by atoms with Gasteiger partial charge in [0.05, 0.1) is 22.4 Å². The molecule has 1 N–H and O–H groups in total. The SMILES string of the molecule is CC(Sc1nccn1-c1ccccc1C(C)C)C(=O)NC1CCS(=O)(=O)C1. The monoisotopic (exact) mass is 407 g/mol. The Bertz CT molecular complexity index is 922. The fraction of sp³-hybridized carbons (Fsp3) is 0.474. The van der Waals surface area contributed by atoms with Crippen LogP contribution in [0.25, 0.3) is 5.69 Å². The van der Waals surface area contributed by atoms with E-state index in [0.717, 1.165) is 10.8 Å². The number of para-hydroxylation sites is 1. The number of thioether (sulfide) groups is 1. The first-order valence-electron chi connectivity index (χ1n) is 9.07. The van der Waals surface area contributed by atoms with Crippen LogP contribution in [0.15, 0.2) is 41.8 Å². The van der Waals surface area contributed by atoms with Crippen LogP contribution in [0.4, 0.5) is 0 Å². The Morgan fingerprint density at radius 1 is 1.30 bits per heavy atom. The van der Waals surface area contributed by atoms with Crippen LogP contribution in [0.2, 0.25) is 0 Å². The molecule has 0 saturated carbocycles. The number of hydrogen-bond acceptors (Lipinski definition) is 5. The van der Waals surface area contributed by atoms with Crippen LogP contribution in [0, 0.1) is 0 Å². The standard InChI is InChI=1S/C19H25N3O3S2/c1-13(2)16-6-4-5-7-17(16)22-10-9-20-19(22)26-14(3)18(23)21-15-8-11-27(24,25)12-15/h4-7,9-10,13-15H,8,11-12H2,1-3H3,(H,21,23). The molecule has 1 amide bonds. The summed E-state index contributed by atoms with van der Waals surface area (Å²) < 4.78 is 25.1. The number of aromatic nitrogens is 2. The summed E-state index contributed by atoms with van der Waals surface area (Å²) in [5.41, 5.74) is 2.27. The third-order valence-corrected chi connectivity index (χ3v) is 7.50. The molecule has 6 nitrogen and oxygen atoms in total. The average molecular weight is 408 g/mol. The van der Waals surface area contributed by atoms with Gasteiger partial charge >= 0.3 is 0 Å². The summed E-state index contributed by atoms with van der Waals surface area (Å²) in [7, 11) is -3.01. The van der Waals surface area contributed by atoms with Gasteiger partial charge in [0.2, 0.25) is 5.91 Å². The molecule has 1 aromatic carbocycles. The summed E-state index contributed by atoms with van der Waals surface area (Å²) in [5, 5.41) is 3.23. The predicted octanol–water partition coefficient (Wildman–Crippen LogP) is 2.78. The number of carbonyl (C=O) groups excluding carboxylic acids is 1. The molecule has 0 bridgehead atoms. The highest BCUT2D eigenvalue weighted by Crippen LogP contribution is 2.29. The van der Waals surface area contributed by atoms with E-state index < -0.39 is 9.84 Å². The first-order chi connectivity index (χ1) is 12.8. The molecule has 1 aromatic heterocycles. The number of nitrogens with zero attached hydrogens (tertiary/aromatic N) is 2. The molecule has 0 aliphatic carbocycles. The largest absolute Gasteiger partial charge is 0.351 e. The number of imidazole rings is 1. The van der Waals surface area contributed by atoms with E-state index in [9.17, 15) is 13.2 Å². The highest BCUT2D eigenvalue weighted by atomic mass is 32.2. The average Bonchev–Trinajstić information content (AvgIpc) is 3.20. The van der Waals surface area contributed by atoms with Crippen LogP contribution >= 0.6 is 11.8 Å². The van der Waals surface area contributed by atoms with Crippen molar-refractivity contribution >= 4 is 27.5 Å². The Labute approximate surface area is 164 Å². The van der Waals surface area contributed by atoms with E-state index in [1.54, 1.807) is 6.20 Å². The second kappa shape index (κ2) is 8.06. The summed E-state index contributed by atoms with van der Waals surface area (Å²) in [6.45, 7) is 6.11. The number of carbonyl (C=O) groups is 1. The Morgan fingerprint density at radius 3 is 2.70 bits per heavy atom. The lowest BCUT2D eigenvalue weighted by Crippen LogP contribution is -2.40. The van der Waals surface area contributed by atoms with E-state index >= 15 is 0 Å². The number of sulfone groups is 1. The molecule has 2 unspecified atom stereocenters. The van der Waals surface area contributed by atoms with Crippen molar-refractivity contribution in [3.63, 3.8) is 0 Å². The first kappa shape index (κ1) is 19.9. The van der Waals surface area contributed by atoms with Gasteiger partial charge in [-0.15, -0.1) is 0 Å². The molecule has 2 atom stereocenters. The zero-order valence-corrected chi connectivity index (χ0v) is 17.4. The number of amides is 1. The van der Waals surface area contributed by atoms with Crippen LogP contribution in [0.1, 0.15) is 38.7 Å². The van der Waals surface area contributed by atoms with Gasteiger partial charge in [0.25, 0.3) is 0 Å². The van der Waals surface area contributed by atoms with Gasteiger partial charge in [-0.1, -0.05) is 43.8 Å². The van der Waals surface area contributed by atoms with E-state index in [2.05, 4.69) is 36.3 Å². The smallest absolute Gasteiger partial charge is 0.233 e. The molecule has 8 heteroatoms. The Kier molecular flexibility index (Phi) is 5.95. The van der Waals surface area contributed by atoms with Crippen LogP contribution < -0.4 is 5.32 Å². The summed E-state index contributed by atoms with van der Waals surface area (Å²) >= 11 is 1.37. The van der Waals surface area contributed by atoms with Crippen LogP contribution in [-0.2, 0) is 14.6 Å². The normalized spacial score (nSPS) is 19.9. The van der Waals surface area contributed by atoms with Gasteiger partial charge in [-0.05, 0) is 30.9 Å². The lowest BCUT2D eigenvalue weighted by atomic mass is 10.0. The zero-order chi connectivity index (χ0) is 19.6. The highest BCUT2D eigenvalue weighted by Gasteiger charge is 2.30. The van der Waals surface area contributed by atoms with Crippen molar-refractivity contribution in [1.29, 1.82) is 0 Å². The zero-order valence-electron chi connectivity index (χ0n) is 15.8. The van der Waals surface area contributed by atoms with Gasteiger partial charge in [0.1, 0.15) is 0 Å². The van der Waals surface area contributed by atoms with Gasteiger partial charge in [-0.2, -0.15) is 0 Å². The molecule has 0 radical (unpaired) electrons. The van der Waals surface area contributed by atoms with Crippen LogP contribution in [0.3, 0.4) is 0 Å². The molecule has 146 valence electrons. The van der Waals surface area contributed by atoms with E-state index in [4.69, 9.17) is 0 Å². The van der Waals surface area contributed by atoms with Crippen molar-refractivity contribution in [2.24, 2.45) is 0 Å². The molecule has 2 aromatic rings. The topological polar surface area (TPSA) is 81.1 Å². The maximum atomic E-state index is 12.5. The van der Waals surface area contributed by atoms with Crippen molar-refractivity contribution in [3.05, 3.63) is 42.2 Å². The molecular weight excluding hydrogens is 382 g/mol. The molecule has 27 heavy (non-hydrogen) atoms. The summed E-state index contributed by atoms with van der Waals surface area (Å²) in [6.07, 6.45) is 4.12. The predicted molar refractivity (Wildman–Crippen MR) is 108 cm³/mol. The number of rotatable bonds is 6. The van der Waals surface area contributed by atoms with Crippen molar-refractivity contribution in [1.82, 2.24) is 14.9 Å². The van der Waals surface area contributed by atoms with Crippen molar-refractivity contribution in [3.8, 4) is 5.69 Å². The van der Waals surface area contributed by atoms with Gasteiger partial charge in [-0.25, -0.2) is 13.4 Å². The Balaban J connectivity index is 1.72. The second-order valence-electron chi connectivity index (χ2n) is 7.16. The van der Waals surface area contributed by atoms with Gasteiger partial charge < -0.3 is 5.32 Å². The fourth-order valence-electron chi connectivity index (χ4n) is 3.19. The van der Waals surface area contributed by atoms with E-state index in [-0.39, 0.29) is 28.7 Å². The summed E-state index contributed by atoms with van der Waals surface area (Å²) in [6, 6.07) is 7.88. The van der Waals surface area contributed by atoms with Crippen LogP contribution in [0.5, 0.6) is 0 Å². The molecule has 3 rings (SSSR count). The third-order valence-electron chi connectivity index (χ3n) is 4.66. The molecule has 1 fully saturated rings. The molecule has 1 aliphatic rings. The van der Waals surface area contributed by atoms with E-state index in [1.807, 2.05) is 29.8 Å². The third kappa shape index (κ3) is 4.73. The quantitative estimate of drug-likeness (QED) is 0.745. The minimum atomic E-state index is -3.01.